The summed E-state index contributed by atoms with van der Waals surface area (Å²) >= 11 is 0. The number of hydrogen-bond acceptors (Lipinski definition) is 5. The summed E-state index contributed by atoms with van der Waals surface area (Å²) < 4.78 is 17.9. The summed E-state index contributed by atoms with van der Waals surface area (Å²) in [4.78, 5) is 15.2. The van der Waals surface area contributed by atoms with Gasteiger partial charge < -0.3 is 14.2 Å². The van der Waals surface area contributed by atoms with E-state index < -0.39 is 0 Å². The molecule has 1 fully saturated rings. The molecule has 0 aliphatic carbocycles. The molecule has 1 saturated heterocycles. The lowest BCUT2D eigenvalue weighted by atomic mass is 9.98. The maximum atomic E-state index is 13.0. The quantitative estimate of drug-likeness (QED) is 0.704. The fourth-order valence-electron chi connectivity index (χ4n) is 4.29. The molecule has 5 heteroatoms. The Bertz CT molecular complexity index is 1020. The summed E-state index contributed by atoms with van der Waals surface area (Å²) in [6.07, 6.45) is 8.03. The largest absolute Gasteiger partial charge is 0.478 e. The van der Waals surface area contributed by atoms with Crippen molar-refractivity contribution >= 4 is 11.9 Å². The molecule has 0 radical (unpaired) electrons. The van der Waals surface area contributed by atoms with Gasteiger partial charge in [-0.05, 0) is 43.0 Å². The maximum Gasteiger partial charge on any atom is 0.232 e. The Morgan fingerprint density at radius 2 is 2.10 bits per heavy atom. The van der Waals surface area contributed by atoms with Crippen LogP contribution in [0.15, 0.2) is 54.3 Å². The molecule has 0 amide bonds. The van der Waals surface area contributed by atoms with E-state index >= 15 is 0 Å². The summed E-state index contributed by atoms with van der Waals surface area (Å²) in [7, 11) is 0. The van der Waals surface area contributed by atoms with Crippen LogP contribution in [0.2, 0.25) is 0 Å². The molecule has 0 N–H and O–H groups in total. The molecular formula is C25H25NO4. The van der Waals surface area contributed by atoms with E-state index in [0.717, 1.165) is 48.4 Å². The van der Waals surface area contributed by atoms with Crippen molar-refractivity contribution in [2.75, 3.05) is 19.9 Å². The van der Waals surface area contributed by atoms with Gasteiger partial charge in [-0.1, -0.05) is 42.5 Å². The molecule has 1 unspecified atom stereocenters. The number of fused-ring (bicyclic) bond motifs is 3. The second-order valence-electron chi connectivity index (χ2n) is 8.03. The van der Waals surface area contributed by atoms with Crippen LogP contribution >= 0.6 is 0 Å². The fraction of sp³-hybridized carbons (Fsp3) is 0.320. The average Bonchev–Trinajstić information content (AvgIpc) is 3.38. The fourth-order valence-corrected chi connectivity index (χ4v) is 4.29. The van der Waals surface area contributed by atoms with Crippen LogP contribution in [0.3, 0.4) is 0 Å². The predicted molar refractivity (Wildman–Crippen MR) is 115 cm³/mol. The average molecular weight is 403 g/mol. The van der Waals surface area contributed by atoms with Crippen molar-refractivity contribution in [3.63, 3.8) is 0 Å². The molecule has 1 atom stereocenters. The van der Waals surface area contributed by atoms with Gasteiger partial charge in [-0.15, -0.1) is 0 Å². The van der Waals surface area contributed by atoms with Crippen LogP contribution < -0.4 is 9.47 Å². The van der Waals surface area contributed by atoms with E-state index in [0.29, 0.717) is 30.3 Å². The Labute approximate surface area is 176 Å². The van der Waals surface area contributed by atoms with E-state index in [9.17, 15) is 4.79 Å². The van der Waals surface area contributed by atoms with E-state index in [2.05, 4.69) is 4.90 Å². The van der Waals surface area contributed by atoms with Crippen LogP contribution in [0.1, 0.15) is 39.9 Å². The molecule has 0 spiro atoms. The minimum atomic E-state index is -0.0701. The molecule has 0 bridgehead atoms. The Balaban J connectivity index is 1.39. The summed E-state index contributed by atoms with van der Waals surface area (Å²) in [5.74, 6) is 1.74. The number of ketones is 1. The highest BCUT2D eigenvalue weighted by molar-refractivity contribution is 6.14. The lowest BCUT2D eigenvalue weighted by Gasteiger charge is -2.31. The van der Waals surface area contributed by atoms with Gasteiger partial charge in [-0.25, -0.2) is 0 Å². The number of rotatable bonds is 4. The molecule has 5 nitrogen and oxygen atoms in total. The van der Waals surface area contributed by atoms with Crippen molar-refractivity contribution in [2.24, 2.45) is 0 Å². The lowest BCUT2D eigenvalue weighted by molar-refractivity contribution is 0.0273. The van der Waals surface area contributed by atoms with Gasteiger partial charge in [0.05, 0.1) is 17.2 Å². The number of benzene rings is 2. The van der Waals surface area contributed by atoms with E-state index in [1.807, 2.05) is 55.5 Å². The monoisotopic (exact) mass is 403 g/mol. The van der Waals surface area contributed by atoms with Gasteiger partial charge in [-0.3, -0.25) is 9.69 Å². The third-order valence-corrected chi connectivity index (χ3v) is 5.81. The van der Waals surface area contributed by atoms with E-state index in [4.69, 9.17) is 14.2 Å². The molecule has 30 heavy (non-hydrogen) atoms. The number of carbonyl (C=O) groups excluding carboxylic acids is 1. The van der Waals surface area contributed by atoms with E-state index in [-0.39, 0.29) is 11.9 Å². The molecular weight excluding hydrogens is 378 g/mol. The molecule has 3 aliphatic rings. The minimum Gasteiger partial charge on any atom is -0.478 e. The minimum absolute atomic E-state index is 0.0701. The molecule has 154 valence electrons. The zero-order valence-corrected chi connectivity index (χ0v) is 17.1. The van der Waals surface area contributed by atoms with Crippen molar-refractivity contribution in [3.8, 4) is 11.5 Å². The SMILES string of the molecule is Cc1cc2c(c3c1C(=O)/C(=C/C=C/c1ccccc1)O3)CN(CC1CCCO1)CO2. The molecule has 0 aromatic heterocycles. The first kappa shape index (κ1) is 19.1. The molecule has 2 aromatic rings. The Kier molecular flexibility index (Phi) is 5.15. The number of allylic oxidation sites excluding steroid dienone is 3. The summed E-state index contributed by atoms with van der Waals surface area (Å²) in [6.45, 7) is 4.83. The number of Topliss-reactive ketones (excluding diaryl/α,β-unsaturated/α-hetero) is 1. The van der Waals surface area contributed by atoms with Crippen molar-refractivity contribution in [1.29, 1.82) is 0 Å². The first-order valence-electron chi connectivity index (χ1n) is 10.5. The van der Waals surface area contributed by atoms with Crippen LogP contribution in [0, 0.1) is 6.92 Å². The highest BCUT2D eigenvalue weighted by Crippen LogP contribution is 2.43. The standard InChI is InChI=1S/C25H25NO4/c1-17-13-22-20(15-26(16-29-22)14-19-10-6-12-28-19)25-23(17)24(27)21(30-25)11-5-9-18-7-3-2-4-8-18/h2-5,7-9,11,13,19H,6,10,12,14-16H2,1H3/b9-5+,21-11-. The Morgan fingerprint density at radius 3 is 2.90 bits per heavy atom. The highest BCUT2D eigenvalue weighted by atomic mass is 16.5. The van der Waals surface area contributed by atoms with Crippen molar-refractivity contribution < 1.29 is 19.0 Å². The van der Waals surface area contributed by atoms with Gasteiger partial charge in [0.2, 0.25) is 5.78 Å². The molecule has 3 aliphatic heterocycles. The highest BCUT2D eigenvalue weighted by Gasteiger charge is 2.35. The number of carbonyl (C=O) groups is 1. The van der Waals surface area contributed by atoms with Gasteiger partial charge in [0.15, 0.2) is 5.76 Å². The number of hydrogen-bond donors (Lipinski definition) is 0. The smallest absolute Gasteiger partial charge is 0.232 e. The van der Waals surface area contributed by atoms with E-state index in [1.54, 1.807) is 6.08 Å². The topological polar surface area (TPSA) is 48.0 Å². The molecule has 0 saturated carbocycles. The van der Waals surface area contributed by atoms with Crippen LogP contribution in [0.25, 0.3) is 6.08 Å². The first-order valence-corrected chi connectivity index (χ1v) is 10.5. The van der Waals surface area contributed by atoms with E-state index in [1.165, 1.54) is 0 Å². The van der Waals surface area contributed by atoms with Gasteiger partial charge in [0.25, 0.3) is 0 Å². The van der Waals surface area contributed by atoms with Gasteiger partial charge in [-0.2, -0.15) is 0 Å². The number of nitrogens with zero attached hydrogens (tertiary/aromatic N) is 1. The number of ether oxygens (including phenoxy) is 3. The van der Waals surface area contributed by atoms with Crippen molar-refractivity contribution in [3.05, 3.63) is 76.6 Å². The van der Waals surface area contributed by atoms with Gasteiger partial charge in [0.1, 0.15) is 18.2 Å². The van der Waals surface area contributed by atoms with Gasteiger partial charge in [0, 0.05) is 19.7 Å². The lowest BCUT2D eigenvalue weighted by Crippen LogP contribution is -2.37. The zero-order valence-electron chi connectivity index (χ0n) is 17.1. The second-order valence-corrected chi connectivity index (χ2v) is 8.03. The Hall–Kier alpha value is -2.89. The third kappa shape index (κ3) is 3.66. The predicted octanol–water partition coefficient (Wildman–Crippen LogP) is 4.50. The third-order valence-electron chi connectivity index (χ3n) is 5.81. The molecule has 5 rings (SSSR count). The zero-order chi connectivity index (χ0) is 20.5. The summed E-state index contributed by atoms with van der Waals surface area (Å²) in [5.41, 5.74) is 3.56. The van der Waals surface area contributed by atoms with Gasteiger partial charge >= 0.3 is 0 Å². The van der Waals surface area contributed by atoms with Crippen molar-refractivity contribution in [1.82, 2.24) is 4.90 Å². The summed E-state index contributed by atoms with van der Waals surface area (Å²) in [6, 6.07) is 11.9. The van der Waals surface area contributed by atoms with Crippen LogP contribution in [0.5, 0.6) is 11.5 Å². The van der Waals surface area contributed by atoms with Crippen LogP contribution in [-0.2, 0) is 11.3 Å². The van der Waals surface area contributed by atoms with Crippen LogP contribution in [-0.4, -0.2) is 36.7 Å². The Morgan fingerprint density at radius 1 is 1.23 bits per heavy atom. The normalized spacial score (nSPS) is 22.2. The molecule has 2 aromatic carbocycles. The molecule has 3 heterocycles. The maximum absolute atomic E-state index is 13.0. The second kappa shape index (κ2) is 8.09. The van der Waals surface area contributed by atoms with Crippen molar-refractivity contribution in [2.45, 2.75) is 32.4 Å². The first-order chi connectivity index (χ1) is 14.7. The van der Waals surface area contributed by atoms with Crippen LogP contribution in [0.4, 0.5) is 0 Å². The summed E-state index contributed by atoms with van der Waals surface area (Å²) in [5, 5.41) is 0. The number of aryl methyl sites for hydroxylation is 1.